The van der Waals surface area contributed by atoms with E-state index in [9.17, 15) is 9.59 Å². The molecule has 10 heteroatoms. The molecule has 1 atom stereocenters. The molecule has 0 bridgehead atoms. The van der Waals surface area contributed by atoms with Crippen molar-refractivity contribution in [3.63, 3.8) is 0 Å². The molecule has 0 unspecified atom stereocenters. The van der Waals surface area contributed by atoms with Gasteiger partial charge in [0.2, 0.25) is 5.91 Å². The number of rotatable bonds is 8. The van der Waals surface area contributed by atoms with Crippen LogP contribution in [-0.4, -0.2) is 43.3 Å². The molecule has 0 fully saturated rings. The van der Waals surface area contributed by atoms with Crippen molar-refractivity contribution in [3.05, 3.63) is 70.3 Å². The van der Waals surface area contributed by atoms with Gasteiger partial charge in [-0.1, -0.05) is 11.8 Å². The summed E-state index contributed by atoms with van der Waals surface area (Å²) >= 11 is 1.40. The number of methoxy groups -OCH3 is 3. The molecule has 0 saturated carbocycles. The lowest BCUT2D eigenvalue weighted by Gasteiger charge is -2.36. The van der Waals surface area contributed by atoms with Crippen molar-refractivity contribution in [2.24, 2.45) is 4.99 Å². The Hall–Kier alpha value is -3.66. The van der Waals surface area contributed by atoms with E-state index in [0.29, 0.717) is 45.0 Å². The minimum Gasteiger partial charge on any atom is -0.497 e. The molecule has 2 aliphatic heterocycles. The number of fused-ring (bicyclic) bond motifs is 1. The van der Waals surface area contributed by atoms with Crippen LogP contribution in [0.15, 0.2) is 68.4 Å². The highest BCUT2D eigenvalue weighted by atomic mass is 32.2. The number of thioether (sulfide) groups is 1. The minimum absolute atomic E-state index is 0.0863. The number of carbonyl (C=O) groups is 2. The highest BCUT2D eigenvalue weighted by molar-refractivity contribution is 8.16. The highest BCUT2D eigenvalue weighted by Crippen LogP contribution is 2.47. The number of furan rings is 1. The number of carbonyl (C=O) groups excluding carboxylic acids is 2. The molecule has 0 radical (unpaired) electrons. The largest absolute Gasteiger partial charge is 0.497 e. The van der Waals surface area contributed by atoms with Crippen LogP contribution in [-0.2, 0) is 20.9 Å². The van der Waals surface area contributed by atoms with E-state index in [1.54, 1.807) is 51.7 Å². The number of hydrogen-bond acceptors (Lipinski definition) is 9. The molecule has 1 aromatic carbocycles. The van der Waals surface area contributed by atoms with Gasteiger partial charge >= 0.3 is 5.97 Å². The zero-order valence-corrected chi connectivity index (χ0v) is 20.1. The topological polar surface area (TPSA) is 103 Å². The molecule has 0 spiro atoms. The van der Waals surface area contributed by atoms with Gasteiger partial charge in [0.1, 0.15) is 17.3 Å². The van der Waals surface area contributed by atoms with Gasteiger partial charge in [0.15, 0.2) is 5.17 Å². The molecule has 2 aliphatic rings. The Morgan fingerprint density at radius 2 is 2.03 bits per heavy atom. The Kier molecular flexibility index (Phi) is 6.97. The lowest BCUT2D eigenvalue weighted by Crippen LogP contribution is -2.38. The van der Waals surface area contributed by atoms with Crippen LogP contribution in [0, 0.1) is 0 Å². The number of nitrogens with one attached hydrogen (secondary N) is 1. The van der Waals surface area contributed by atoms with Gasteiger partial charge in [0.25, 0.3) is 0 Å². The summed E-state index contributed by atoms with van der Waals surface area (Å²) in [6.07, 6.45) is 1.65. The Morgan fingerprint density at radius 3 is 2.71 bits per heavy atom. The van der Waals surface area contributed by atoms with Crippen molar-refractivity contribution in [2.75, 3.05) is 21.3 Å². The SMILES string of the molecule is COC(=O)C1=C(C)N=C2SC=C(CC(=O)NCc3ccco3)N2[C@@H]1c1cc(OC)ccc1OC. The van der Waals surface area contributed by atoms with E-state index in [-0.39, 0.29) is 18.9 Å². The predicted octanol–water partition coefficient (Wildman–Crippen LogP) is 3.75. The molecule has 1 N–H and O–H groups in total. The zero-order chi connectivity index (χ0) is 24.2. The standard InChI is InChI=1S/C24H25N3O6S/c1-14-21(23(29)32-4)22(18-11-16(30-2)7-8-19(18)31-3)27-15(13-34-24(27)26-14)10-20(28)25-12-17-6-5-9-33-17/h5-9,11,13,22H,10,12H2,1-4H3,(H,25,28)/t22-/m1/s1. The van der Waals surface area contributed by atoms with Gasteiger partial charge < -0.3 is 28.8 Å². The number of aliphatic imine (C=N–C) groups is 1. The van der Waals surface area contributed by atoms with E-state index in [2.05, 4.69) is 10.3 Å². The maximum atomic E-state index is 12.9. The van der Waals surface area contributed by atoms with Gasteiger partial charge in [-0.3, -0.25) is 4.79 Å². The first-order chi connectivity index (χ1) is 16.5. The van der Waals surface area contributed by atoms with Crippen molar-refractivity contribution in [2.45, 2.75) is 25.9 Å². The van der Waals surface area contributed by atoms with E-state index in [1.165, 1.54) is 18.9 Å². The number of esters is 1. The van der Waals surface area contributed by atoms with Crippen molar-refractivity contribution < 1.29 is 28.2 Å². The molecule has 178 valence electrons. The molecular weight excluding hydrogens is 458 g/mol. The molecular formula is C24H25N3O6S. The lowest BCUT2D eigenvalue weighted by molar-refractivity contribution is -0.136. The second kappa shape index (κ2) is 10.1. The van der Waals surface area contributed by atoms with Gasteiger partial charge in [-0.2, -0.15) is 0 Å². The Bertz CT molecular complexity index is 1190. The second-order valence-corrected chi connectivity index (χ2v) is 8.36. The summed E-state index contributed by atoms with van der Waals surface area (Å²) in [5, 5.41) is 5.39. The summed E-state index contributed by atoms with van der Waals surface area (Å²) in [5.74, 6) is 1.14. The van der Waals surface area contributed by atoms with Crippen LogP contribution in [0.2, 0.25) is 0 Å². The summed E-state index contributed by atoms with van der Waals surface area (Å²) < 4.78 is 21.4. The smallest absolute Gasteiger partial charge is 0.338 e. The van der Waals surface area contributed by atoms with Crippen LogP contribution < -0.4 is 14.8 Å². The summed E-state index contributed by atoms with van der Waals surface area (Å²) in [7, 11) is 4.47. The van der Waals surface area contributed by atoms with E-state index in [4.69, 9.17) is 18.6 Å². The highest BCUT2D eigenvalue weighted by Gasteiger charge is 2.42. The monoisotopic (exact) mass is 483 g/mol. The second-order valence-electron chi connectivity index (χ2n) is 7.53. The number of nitrogens with zero attached hydrogens (tertiary/aromatic N) is 2. The molecule has 0 saturated heterocycles. The number of benzene rings is 1. The number of ether oxygens (including phenoxy) is 3. The maximum Gasteiger partial charge on any atom is 0.338 e. The fourth-order valence-corrected chi connectivity index (χ4v) is 4.88. The molecule has 9 nitrogen and oxygen atoms in total. The Morgan fingerprint density at radius 1 is 1.21 bits per heavy atom. The first-order valence-corrected chi connectivity index (χ1v) is 11.4. The van der Waals surface area contributed by atoms with Crippen molar-refractivity contribution in [3.8, 4) is 11.5 Å². The van der Waals surface area contributed by atoms with Gasteiger partial charge in [-0.05, 0) is 42.7 Å². The third-order valence-corrected chi connectivity index (χ3v) is 6.41. The normalized spacial score (nSPS) is 17.1. The van der Waals surface area contributed by atoms with Crippen molar-refractivity contribution in [1.29, 1.82) is 0 Å². The number of amides is 1. The zero-order valence-electron chi connectivity index (χ0n) is 19.3. The first-order valence-electron chi connectivity index (χ1n) is 10.5. The molecule has 3 heterocycles. The van der Waals surface area contributed by atoms with Crippen LogP contribution in [0.25, 0.3) is 0 Å². The van der Waals surface area contributed by atoms with Crippen molar-refractivity contribution >= 4 is 28.8 Å². The molecule has 34 heavy (non-hydrogen) atoms. The average Bonchev–Trinajstić information content (AvgIpc) is 3.51. The van der Waals surface area contributed by atoms with Crippen LogP contribution in [0.5, 0.6) is 11.5 Å². The number of hydrogen-bond donors (Lipinski definition) is 1. The molecule has 1 aromatic heterocycles. The lowest BCUT2D eigenvalue weighted by atomic mass is 9.93. The average molecular weight is 484 g/mol. The van der Waals surface area contributed by atoms with Gasteiger partial charge in [0, 0.05) is 11.3 Å². The van der Waals surface area contributed by atoms with Crippen LogP contribution in [0.4, 0.5) is 0 Å². The third-order valence-electron chi connectivity index (χ3n) is 5.52. The Labute approximate surface area is 201 Å². The van der Waals surface area contributed by atoms with Crippen molar-refractivity contribution in [1.82, 2.24) is 10.2 Å². The molecule has 0 aliphatic carbocycles. The van der Waals surface area contributed by atoms with E-state index in [1.807, 2.05) is 16.4 Å². The van der Waals surface area contributed by atoms with E-state index < -0.39 is 12.0 Å². The third kappa shape index (κ3) is 4.54. The Balaban J connectivity index is 1.70. The summed E-state index contributed by atoms with van der Waals surface area (Å²) in [5.41, 5.74) is 2.29. The molecule has 1 amide bonds. The number of allylic oxidation sites excluding steroid dienone is 1. The van der Waals surface area contributed by atoms with Crippen LogP contribution in [0.3, 0.4) is 0 Å². The molecule has 2 aromatic rings. The maximum absolute atomic E-state index is 12.9. The predicted molar refractivity (Wildman–Crippen MR) is 127 cm³/mol. The van der Waals surface area contributed by atoms with E-state index in [0.717, 1.165) is 0 Å². The number of amidine groups is 1. The fraction of sp³-hybridized carbons (Fsp3) is 0.292. The van der Waals surface area contributed by atoms with Gasteiger partial charge in [0.05, 0.1) is 57.9 Å². The van der Waals surface area contributed by atoms with Gasteiger partial charge in [-0.15, -0.1) is 0 Å². The summed E-state index contributed by atoms with van der Waals surface area (Å²) in [4.78, 5) is 32.2. The fourth-order valence-electron chi connectivity index (χ4n) is 3.91. The molecule has 4 rings (SSSR count). The van der Waals surface area contributed by atoms with Crippen LogP contribution in [0.1, 0.15) is 30.7 Å². The quantitative estimate of drug-likeness (QED) is 0.567. The summed E-state index contributed by atoms with van der Waals surface area (Å²) in [6.45, 7) is 2.05. The summed E-state index contributed by atoms with van der Waals surface area (Å²) in [6, 6.07) is 8.33. The van der Waals surface area contributed by atoms with Crippen LogP contribution >= 0.6 is 11.8 Å². The van der Waals surface area contributed by atoms with Gasteiger partial charge in [-0.25, -0.2) is 9.79 Å². The van der Waals surface area contributed by atoms with E-state index >= 15 is 0 Å². The minimum atomic E-state index is -0.621. The first kappa shape index (κ1) is 23.5.